The number of carbonyl (C=O) groups excluding carboxylic acids is 1. The van der Waals surface area contributed by atoms with E-state index >= 15 is 0 Å². The van der Waals surface area contributed by atoms with Crippen LogP contribution in [0.4, 0.5) is 0 Å². The van der Waals surface area contributed by atoms with Gasteiger partial charge in [0, 0.05) is 5.92 Å². The Morgan fingerprint density at radius 2 is 1.60 bits per heavy atom. The van der Waals surface area contributed by atoms with Crippen LogP contribution in [0.25, 0.3) is 0 Å². The molecule has 45 heavy (non-hydrogen) atoms. The van der Waals surface area contributed by atoms with E-state index in [-0.39, 0.29) is 56.9 Å². The first-order valence-corrected chi connectivity index (χ1v) is 18.7. The molecule has 0 amide bonds. The Kier molecular flexibility index (Phi) is 7.21. The first kappa shape index (κ1) is 32.2. The standard InChI is InChI=1S/C40H62O5/c1-23-10-11-25-24(2)33(45-32(41)31(23)25)44-30-15-16-37(7)28(36(30,5)6)14-17-39(9)29(37)13-12-26-27-22-35(3,4)18-20-40(27,34(42)43)21-19-38(26,39)8/h12,23-25,27-31,33H,10-11,13-22H2,1-9H3,(H,42,43)/t23-,24-,25+,27-,28-,29+,30-,31+,33-,37-,38+,39+,40-/m0/s1. The molecule has 0 aromatic carbocycles. The highest BCUT2D eigenvalue weighted by atomic mass is 16.7. The monoisotopic (exact) mass is 622 g/mol. The fourth-order valence-electron chi connectivity index (χ4n) is 13.9. The summed E-state index contributed by atoms with van der Waals surface area (Å²) >= 11 is 0. The van der Waals surface area contributed by atoms with Crippen LogP contribution in [0.1, 0.15) is 139 Å². The lowest BCUT2D eigenvalue weighted by Crippen LogP contribution is -2.65. The molecule has 0 aromatic heterocycles. The summed E-state index contributed by atoms with van der Waals surface area (Å²) in [4.78, 5) is 26.1. The minimum Gasteiger partial charge on any atom is -0.481 e. The molecule has 7 rings (SSSR count). The van der Waals surface area contributed by atoms with Gasteiger partial charge in [-0.25, -0.2) is 0 Å². The third-order valence-electron chi connectivity index (χ3n) is 16.9. The van der Waals surface area contributed by atoms with Gasteiger partial charge in [0.2, 0.25) is 6.29 Å². The van der Waals surface area contributed by atoms with Crippen LogP contribution in [0.3, 0.4) is 0 Å². The van der Waals surface area contributed by atoms with E-state index in [0.717, 1.165) is 64.2 Å². The van der Waals surface area contributed by atoms with Gasteiger partial charge in [-0.1, -0.05) is 74.0 Å². The first-order valence-electron chi connectivity index (χ1n) is 18.7. The number of hydrogen-bond donors (Lipinski definition) is 1. The van der Waals surface area contributed by atoms with E-state index in [0.29, 0.717) is 23.7 Å². The summed E-state index contributed by atoms with van der Waals surface area (Å²) in [6, 6.07) is 0. The predicted octanol–water partition coefficient (Wildman–Crippen LogP) is 9.44. The molecule has 1 N–H and O–H groups in total. The molecule has 6 fully saturated rings. The summed E-state index contributed by atoms with van der Waals surface area (Å²) in [7, 11) is 0. The molecule has 0 spiro atoms. The molecule has 5 saturated carbocycles. The average Bonchev–Trinajstić information content (AvgIpc) is 3.35. The van der Waals surface area contributed by atoms with Crippen LogP contribution >= 0.6 is 0 Å². The maximum Gasteiger partial charge on any atom is 0.311 e. The molecule has 1 aliphatic heterocycles. The molecule has 1 heterocycles. The topological polar surface area (TPSA) is 72.8 Å². The molecule has 0 bridgehead atoms. The number of rotatable bonds is 3. The van der Waals surface area contributed by atoms with Gasteiger partial charge >= 0.3 is 11.9 Å². The zero-order valence-corrected chi connectivity index (χ0v) is 29.8. The van der Waals surface area contributed by atoms with E-state index in [2.05, 4.69) is 68.4 Å². The van der Waals surface area contributed by atoms with Crippen molar-refractivity contribution in [1.29, 1.82) is 0 Å². The number of carboxylic acids is 1. The molecule has 1 saturated heterocycles. The zero-order valence-electron chi connectivity index (χ0n) is 29.8. The molecule has 5 nitrogen and oxygen atoms in total. The van der Waals surface area contributed by atoms with Crippen molar-refractivity contribution in [3.63, 3.8) is 0 Å². The number of allylic oxidation sites excluding steroid dienone is 2. The van der Waals surface area contributed by atoms with Crippen molar-refractivity contribution in [3.05, 3.63) is 11.6 Å². The number of hydrogen-bond acceptors (Lipinski definition) is 4. The summed E-state index contributed by atoms with van der Waals surface area (Å²) in [5.41, 5.74) is 1.47. The molecule has 0 aromatic rings. The number of cyclic esters (lactones) is 1. The van der Waals surface area contributed by atoms with Gasteiger partial charge in [-0.3, -0.25) is 9.59 Å². The molecule has 6 aliphatic carbocycles. The highest BCUT2D eigenvalue weighted by molar-refractivity contribution is 5.77. The van der Waals surface area contributed by atoms with Crippen LogP contribution in [-0.4, -0.2) is 29.4 Å². The average molecular weight is 623 g/mol. The quantitative estimate of drug-likeness (QED) is 0.193. The van der Waals surface area contributed by atoms with Gasteiger partial charge in [0.05, 0.1) is 17.4 Å². The lowest BCUT2D eigenvalue weighted by Gasteiger charge is -2.71. The highest BCUT2D eigenvalue weighted by Crippen LogP contribution is 2.76. The van der Waals surface area contributed by atoms with Crippen molar-refractivity contribution in [2.45, 2.75) is 152 Å². The number of esters is 1. The van der Waals surface area contributed by atoms with E-state index in [1.54, 1.807) is 0 Å². The van der Waals surface area contributed by atoms with E-state index < -0.39 is 17.7 Å². The Morgan fingerprint density at radius 1 is 0.889 bits per heavy atom. The Labute approximate surface area is 273 Å². The van der Waals surface area contributed by atoms with Crippen LogP contribution in [0, 0.1) is 73.9 Å². The van der Waals surface area contributed by atoms with Crippen LogP contribution in [0.2, 0.25) is 0 Å². The molecule has 7 aliphatic rings. The Morgan fingerprint density at radius 3 is 2.31 bits per heavy atom. The van der Waals surface area contributed by atoms with Gasteiger partial charge in [-0.15, -0.1) is 0 Å². The summed E-state index contributed by atoms with van der Waals surface area (Å²) in [6.45, 7) is 21.8. The summed E-state index contributed by atoms with van der Waals surface area (Å²) in [5, 5.41) is 10.7. The van der Waals surface area contributed by atoms with Crippen LogP contribution in [-0.2, 0) is 19.1 Å². The molecule has 0 radical (unpaired) electrons. The van der Waals surface area contributed by atoms with Crippen molar-refractivity contribution in [3.8, 4) is 0 Å². The molecule has 0 unspecified atom stereocenters. The number of aliphatic carboxylic acids is 1. The van der Waals surface area contributed by atoms with Gasteiger partial charge in [-0.05, 0) is 134 Å². The lowest BCUT2D eigenvalue weighted by atomic mass is 9.33. The fraction of sp³-hybridized carbons (Fsp3) is 0.900. The molecular weight excluding hydrogens is 560 g/mol. The van der Waals surface area contributed by atoms with Crippen molar-refractivity contribution >= 4 is 11.9 Å². The second-order valence-corrected chi connectivity index (χ2v) is 19.6. The largest absolute Gasteiger partial charge is 0.481 e. The van der Waals surface area contributed by atoms with Gasteiger partial charge in [0.25, 0.3) is 0 Å². The second kappa shape index (κ2) is 10.1. The van der Waals surface area contributed by atoms with Crippen molar-refractivity contribution in [2.75, 3.05) is 0 Å². The second-order valence-electron chi connectivity index (χ2n) is 19.6. The molecule has 5 heteroatoms. The number of fused-ring (bicyclic) bond motifs is 8. The Hall–Kier alpha value is -1.36. The van der Waals surface area contributed by atoms with Crippen molar-refractivity contribution in [2.24, 2.45) is 73.9 Å². The lowest BCUT2D eigenvalue weighted by molar-refractivity contribution is -0.271. The smallest absolute Gasteiger partial charge is 0.311 e. The Bertz CT molecular complexity index is 1280. The van der Waals surface area contributed by atoms with E-state index in [1.807, 2.05) is 0 Å². The van der Waals surface area contributed by atoms with Gasteiger partial charge in [-0.2, -0.15) is 0 Å². The normalized spacial score (nSPS) is 53.0. The van der Waals surface area contributed by atoms with E-state index in [1.165, 1.54) is 18.4 Å². The molecular formula is C40H62O5. The van der Waals surface area contributed by atoms with E-state index in [9.17, 15) is 14.7 Å². The molecule has 13 atom stereocenters. The molecule has 252 valence electrons. The SMILES string of the molecule is C[C@@H]1[C@@H](O[C@H]2CC[C@]3(C)[C@H]4CC=C5[C@@H]6CC(C)(C)CC[C@]6(C(=O)O)CC[C@@]5(C)[C@]4(C)CC[C@H]3C2(C)C)OC(=O)[C@H]2[C@@H]1CC[C@@H]2C. The van der Waals surface area contributed by atoms with E-state index in [4.69, 9.17) is 9.47 Å². The van der Waals surface area contributed by atoms with Crippen molar-refractivity contribution < 1.29 is 24.2 Å². The zero-order chi connectivity index (χ0) is 32.5. The maximum absolute atomic E-state index is 13.1. The van der Waals surface area contributed by atoms with Gasteiger partial charge in [0.1, 0.15) is 0 Å². The number of carboxylic acid groups (broad SMARTS) is 1. The van der Waals surface area contributed by atoms with Crippen LogP contribution in [0.5, 0.6) is 0 Å². The third kappa shape index (κ3) is 4.26. The summed E-state index contributed by atoms with van der Waals surface area (Å²) < 4.78 is 13.0. The van der Waals surface area contributed by atoms with Gasteiger partial charge in [0.15, 0.2) is 0 Å². The minimum absolute atomic E-state index is 0.0242. The van der Waals surface area contributed by atoms with Crippen molar-refractivity contribution in [1.82, 2.24) is 0 Å². The summed E-state index contributed by atoms with van der Waals surface area (Å²) in [5.74, 6) is 1.76. The first-order chi connectivity index (χ1) is 20.9. The summed E-state index contributed by atoms with van der Waals surface area (Å²) in [6.07, 6.45) is 14.7. The van der Waals surface area contributed by atoms with Gasteiger partial charge < -0.3 is 14.6 Å². The predicted molar refractivity (Wildman–Crippen MR) is 176 cm³/mol. The van der Waals surface area contributed by atoms with Crippen LogP contribution < -0.4 is 0 Å². The Balaban J connectivity index is 1.16. The number of ether oxygens (including phenoxy) is 2. The number of carbonyl (C=O) groups is 2. The van der Waals surface area contributed by atoms with Crippen LogP contribution in [0.15, 0.2) is 11.6 Å². The maximum atomic E-state index is 13.1. The highest BCUT2D eigenvalue weighted by Gasteiger charge is 2.69. The fourth-order valence-corrected chi connectivity index (χ4v) is 13.9. The third-order valence-corrected chi connectivity index (χ3v) is 16.9. The minimum atomic E-state index is -0.585.